The van der Waals surface area contributed by atoms with E-state index in [4.69, 9.17) is 15.3 Å². The van der Waals surface area contributed by atoms with E-state index in [-0.39, 0.29) is 0 Å². The molecule has 0 fully saturated rings. The van der Waals surface area contributed by atoms with E-state index >= 15 is 0 Å². The van der Waals surface area contributed by atoms with E-state index in [1.54, 1.807) is 20.8 Å². The van der Waals surface area contributed by atoms with Gasteiger partial charge >= 0.3 is 12.4 Å². The third-order valence-corrected chi connectivity index (χ3v) is 2.50. The molecule has 3 nitrogen and oxygen atoms in total. The minimum absolute atomic E-state index is 0.716. The second kappa shape index (κ2) is 6.47. The molecule has 0 aliphatic rings. The molecule has 0 saturated carbocycles. The van der Waals surface area contributed by atoms with Gasteiger partial charge in [0.2, 0.25) is 0 Å². The van der Waals surface area contributed by atoms with Gasteiger partial charge < -0.3 is 4.74 Å². The highest BCUT2D eigenvalue weighted by Crippen LogP contribution is 2.50. The molecule has 0 saturated heterocycles. The topological polar surface area (TPSA) is 56.8 Å². The second-order valence-corrected chi connectivity index (χ2v) is 5.52. The summed E-state index contributed by atoms with van der Waals surface area (Å²) in [5.74, 6) is -4.07. The number of rotatable bonds is 4. The first-order chi connectivity index (χ1) is 9.69. The molecule has 124 valence electrons. The van der Waals surface area contributed by atoms with E-state index in [2.05, 4.69) is 0 Å². The van der Waals surface area contributed by atoms with Crippen molar-refractivity contribution >= 4 is 0 Å². The van der Waals surface area contributed by atoms with Crippen molar-refractivity contribution in [2.45, 2.75) is 45.1 Å². The summed E-state index contributed by atoms with van der Waals surface area (Å²) < 4.78 is 81.2. The van der Waals surface area contributed by atoms with Gasteiger partial charge in [0.1, 0.15) is 0 Å². The van der Waals surface area contributed by atoms with Crippen LogP contribution in [0.5, 0.6) is 0 Å². The number of allylic oxidation sites excluding steroid dienone is 1. The predicted molar refractivity (Wildman–Crippen MR) is 63.9 cm³/mol. The summed E-state index contributed by atoms with van der Waals surface area (Å²) in [4.78, 5) is 0. The third kappa shape index (κ3) is 5.47. The summed E-state index contributed by atoms with van der Waals surface area (Å²) in [6, 6.07) is 1.74. The molecule has 0 amide bonds. The van der Waals surface area contributed by atoms with Crippen molar-refractivity contribution in [2.24, 2.45) is 11.3 Å². The zero-order chi connectivity index (χ0) is 17.8. The van der Waals surface area contributed by atoms with Crippen LogP contribution >= 0.6 is 0 Å². The molecule has 0 bridgehead atoms. The Kier molecular flexibility index (Phi) is 5.91. The van der Waals surface area contributed by atoms with Gasteiger partial charge in [0, 0.05) is 6.42 Å². The number of alkyl halides is 6. The lowest BCUT2D eigenvalue weighted by Gasteiger charge is -2.31. The first kappa shape index (κ1) is 20.1. The van der Waals surface area contributed by atoms with Crippen molar-refractivity contribution in [1.82, 2.24) is 0 Å². The van der Waals surface area contributed by atoms with Gasteiger partial charge in [-0.2, -0.15) is 36.9 Å². The second-order valence-electron chi connectivity index (χ2n) is 5.52. The Balaban J connectivity index is 5.59. The molecule has 0 spiro atoms. The van der Waals surface area contributed by atoms with Crippen molar-refractivity contribution in [3.05, 3.63) is 12.3 Å². The van der Waals surface area contributed by atoms with E-state index in [9.17, 15) is 26.3 Å². The lowest BCUT2D eigenvalue weighted by atomic mass is 9.74. The average Bonchev–Trinajstić information content (AvgIpc) is 2.28. The molecular formula is C13H14F6N2O. The normalized spacial score (nSPS) is 14.0. The fraction of sp³-hybridized carbons (Fsp3) is 0.692. The van der Waals surface area contributed by atoms with Crippen LogP contribution in [0.1, 0.15) is 27.2 Å². The molecule has 0 aliphatic heterocycles. The maximum atomic E-state index is 12.7. The van der Waals surface area contributed by atoms with Gasteiger partial charge in [-0.05, 0) is 26.8 Å². The molecule has 0 rings (SSSR count). The van der Waals surface area contributed by atoms with E-state index in [1.807, 2.05) is 0 Å². The van der Waals surface area contributed by atoms with Gasteiger partial charge in [0.15, 0.2) is 11.3 Å². The fourth-order valence-electron chi connectivity index (χ4n) is 1.59. The molecule has 9 heteroatoms. The van der Waals surface area contributed by atoms with E-state index in [0.717, 1.165) is 24.5 Å². The van der Waals surface area contributed by atoms with Crippen molar-refractivity contribution < 1.29 is 31.1 Å². The van der Waals surface area contributed by atoms with Gasteiger partial charge in [-0.25, -0.2) is 0 Å². The summed E-state index contributed by atoms with van der Waals surface area (Å²) in [6.45, 7) is 4.81. The number of nitrogens with zero attached hydrogens (tertiary/aromatic N) is 2. The Morgan fingerprint density at radius 2 is 1.36 bits per heavy atom. The smallest absolute Gasteiger partial charge is 0.403 e. The van der Waals surface area contributed by atoms with Crippen LogP contribution in [0.15, 0.2) is 12.3 Å². The summed E-state index contributed by atoms with van der Waals surface area (Å²) >= 11 is 0. The summed E-state index contributed by atoms with van der Waals surface area (Å²) in [6.07, 6.45) is -10.9. The summed E-state index contributed by atoms with van der Waals surface area (Å²) in [7, 11) is 0. The average molecular weight is 328 g/mol. The molecule has 0 radical (unpaired) electrons. The lowest BCUT2D eigenvalue weighted by Crippen LogP contribution is -2.47. The Hall–Kier alpha value is -1.90. The van der Waals surface area contributed by atoms with Gasteiger partial charge in [0.25, 0.3) is 0 Å². The van der Waals surface area contributed by atoms with Crippen LogP contribution in [-0.4, -0.2) is 18.0 Å². The Morgan fingerprint density at radius 3 is 1.64 bits per heavy atom. The van der Waals surface area contributed by atoms with Crippen LogP contribution in [0.2, 0.25) is 0 Å². The minimum atomic E-state index is -5.78. The molecule has 0 aromatic heterocycles. The molecular weight excluding hydrogens is 314 g/mol. The molecule has 0 aromatic rings. The fourth-order valence-corrected chi connectivity index (χ4v) is 1.59. The summed E-state index contributed by atoms with van der Waals surface area (Å²) in [5, 5.41) is 17.6. The van der Waals surface area contributed by atoms with E-state index in [1.165, 1.54) is 0 Å². The van der Waals surface area contributed by atoms with Crippen molar-refractivity contribution in [3.63, 3.8) is 0 Å². The van der Waals surface area contributed by atoms with E-state index in [0.29, 0.717) is 0 Å². The largest absolute Gasteiger partial charge is 0.496 e. The molecule has 0 unspecified atom stereocenters. The predicted octanol–water partition coefficient (Wildman–Crippen LogP) is 4.48. The third-order valence-electron chi connectivity index (χ3n) is 2.50. The van der Waals surface area contributed by atoms with Crippen LogP contribution < -0.4 is 0 Å². The van der Waals surface area contributed by atoms with Crippen molar-refractivity contribution in [1.29, 1.82) is 10.5 Å². The van der Waals surface area contributed by atoms with Gasteiger partial charge in [-0.3, -0.25) is 0 Å². The zero-order valence-corrected chi connectivity index (χ0v) is 12.0. The van der Waals surface area contributed by atoms with Crippen LogP contribution in [0.4, 0.5) is 26.3 Å². The molecule has 0 N–H and O–H groups in total. The standard InChI is InChI=1S/C13H14F6N2O/c1-10(2,3)22-6-4-5-11(7-20,8-21)9(12(14,15)16)13(17,18)19/h4,6,9H,5H2,1-3H3/b6-4-. The molecule has 0 aromatic carbocycles. The van der Waals surface area contributed by atoms with Crippen LogP contribution in [0, 0.1) is 34.0 Å². The highest BCUT2D eigenvalue weighted by atomic mass is 19.4. The zero-order valence-electron chi connectivity index (χ0n) is 12.0. The number of hydrogen-bond donors (Lipinski definition) is 0. The number of ether oxygens (including phenoxy) is 1. The SMILES string of the molecule is CC(C)(C)O/C=C\CC(C#N)(C#N)C(C(F)(F)F)C(F)(F)F. The highest BCUT2D eigenvalue weighted by molar-refractivity contribution is 5.21. The van der Waals surface area contributed by atoms with Gasteiger partial charge in [0.05, 0.1) is 24.0 Å². The molecule has 22 heavy (non-hydrogen) atoms. The number of nitriles is 2. The van der Waals surface area contributed by atoms with Crippen molar-refractivity contribution in [3.8, 4) is 12.1 Å². The van der Waals surface area contributed by atoms with Crippen molar-refractivity contribution in [2.75, 3.05) is 0 Å². The molecule has 0 aliphatic carbocycles. The molecule has 0 atom stereocenters. The quantitative estimate of drug-likeness (QED) is 0.565. The number of halogens is 6. The maximum Gasteiger partial charge on any atom is 0.403 e. The van der Waals surface area contributed by atoms with Gasteiger partial charge in [-0.1, -0.05) is 0 Å². The van der Waals surface area contributed by atoms with Gasteiger partial charge in [-0.15, -0.1) is 0 Å². The van der Waals surface area contributed by atoms with Crippen LogP contribution in [-0.2, 0) is 4.74 Å². The minimum Gasteiger partial charge on any atom is -0.496 e. The Bertz CT molecular complexity index is 459. The maximum absolute atomic E-state index is 12.7. The van der Waals surface area contributed by atoms with E-state index < -0.39 is 35.7 Å². The van der Waals surface area contributed by atoms with Crippen LogP contribution in [0.25, 0.3) is 0 Å². The monoisotopic (exact) mass is 328 g/mol. The number of hydrogen-bond acceptors (Lipinski definition) is 3. The highest BCUT2D eigenvalue weighted by Gasteiger charge is 2.67. The first-order valence-electron chi connectivity index (χ1n) is 5.98. The Labute approximate surface area is 123 Å². The lowest BCUT2D eigenvalue weighted by molar-refractivity contribution is -0.302. The Morgan fingerprint density at radius 1 is 0.955 bits per heavy atom. The first-order valence-corrected chi connectivity index (χ1v) is 5.98. The van der Waals surface area contributed by atoms with Crippen LogP contribution in [0.3, 0.4) is 0 Å². The molecule has 0 heterocycles. The summed E-state index contributed by atoms with van der Waals surface area (Å²) in [5.41, 5.74) is -4.03.